The van der Waals surface area contributed by atoms with Gasteiger partial charge in [0.05, 0.1) is 0 Å². The quantitative estimate of drug-likeness (QED) is 0.712. The maximum atomic E-state index is 5.51. The Kier molecular flexibility index (Phi) is 2.30. The molecule has 1 aliphatic carbocycles. The molecule has 0 radical (unpaired) electrons. The third kappa shape index (κ3) is 1.78. The third-order valence-electron chi connectivity index (χ3n) is 2.38. The van der Waals surface area contributed by atoms with Crippen LogP contribution in [0.1, 0.15) is 31.6 Å². The predicted molar refractivity (Wildman–Crippen MR) is 45.0 cm³/mol. The summed E-state index contributed by atoms with van der Waals surface area (Å²) >= 11 is 5.51. The molecule has 0 saturated heterocycles. The highest BCUT2D eigenvalue weighted by Crippen LogP contribution is 2.27. The van der Waals surface area contributed by atoms with Crippen molar-refractivity contribution in [2.75, 3.05) is 0 Å². The van der Waals surface area contributed by atoms with Crippen LogP contribution in [0.15, 0.2) is 4.42 Å². The van der Waals surface area contributed by atoms with Gasteiger partial charge in [-0.05, 0) is 30.4 Å². The fourth-order valence-electron chi connectivity index (χ4n) is 1.78. The number of halogens is 1. The lowest BCUT2D eigenvalue weighted by Crippen LogP contribution is -1.98. The Balaban J connectivity index is 1.94. The van der Waals surface area contributed by atoms with Crippen LogP contribution in [0.4, 0.5) is 0 Å². The van der Waals surface area contributed by atoms with E-state index in [0.29, 0.717) is 5.89 Å². The number of nitrogens with zero attached hydrogens (tertiary/aromatic N) is 2. The maximum Gasteiger partial charge on any atom is 0.312 e. The van der Waals surface area contributed by atoms with Crippen LogP contribution in [0.3, 0.4) is 0 Å². The Labute approximate surface area is 76.1 Å². The molecule has 0 atom stereocenters. The van der Waals surface area contributed by atoms with Crippen molar-refractivity contribution in [3.8, 4) is 0 Å². The summed E-state index contributed by atoms with van der Waals surface area (Å²) in [5.41, 5.74) is 0. The normalized spacial score (nSPS) is 18.8. The lowest BCUT2D eigenvalue weighted by atomic mass is 10.0. The molecule has 1 aromatic rings. The van der Waals surface area contributed by atoms with Crippen molar-refractivity contribution in [1.82, 2.24) is 10.2 Å². The van der Waals surface area contributed by atoms with E-state index in [4.69, 9.17) is 16.0 Å². The van der Waals surface area contributed by atoms with E-state index < -0.39 is 0 Å². The average molecular weight is 187 g/mol. The Bertz CT molecular complexity index is 255. The van der Waals surface area contributed by atoms with Crippen LogP contribution in [0, 0.1) is 5.92 Å². The van der Waals surface area contributed by atoms with Crippen molar-refractivity contribution in [3.63, 3.8) is 0 Å². The molecule has 0 spiro atoms. The van der Waals surface area contributed by atoms with E-state index in [0.717, 1.165) is 12.3 Å². The largest absolute Gasteiger partial charge is 0.412 e. The minimum atomic E-state index is 0.156. The van der Waals surface area contributed by atoms with Gasteiger partial charge in [0.2, 0.25) is 5.89 Å². The Morgan fingerprint density at radius 2 is 2.08 bits per heavy atom. The molecule has 1 heterocycles. The summed E-state index contributed by atoms with van der Waals surface area (Å²) in [6, 6.07) is 0. The molecule has 0 unspecified atom stereocenters. The van der Waals surface area contributed by atoms with Crippen LogP contribution in [0.25, 0.3) is 0 Å². The molecule has 2 rings (SSSR count). The molecule has 0 amide bonds. The van der Waals surface area contributed by atoms with Crippen molar-refractivity contribution in [1.29, 1.82) is 0 Å². The summed E-state index contributed by atoms with van der Waals surface area (Å²) in [6.07, 6.45) is 6.17. The van der Waals surface area contributed by atoms with E-state index >= 15 is 0 Å². The maximum absolute atomic E-state index is 5.51. The summed E-state index contributed by atoms with van der Waals surface area (Å²) in [5, 5.41) is 7.59. The summed E-state index contributed by atoms with van der Waals surface area (Å²) in [6.45, 7) is 0. The Morgan fingerprint density at radius 3 is 2.67 bits per heavy atom. The zero-order chi connectivity index (χ0) is 8.39. The number of aromatic nitrogens is 2. The highest BCUT2D eigenvalue weighted by Gasteiger charge is 2.18. The summed E-state index contributed by atoms with van der Waals surface area (Å²) in [4.78, 5) is 0. The van der Waals surface area contributed by atoms with Crippen molar-refractivity contribution in [2.45, 2.75) is 32.1 Å². The van der Waals surface area contributed by atoms with E-state index in [9.17, 15) is 0 Å². The topological polar surface area (TPSA) is 38.9 Å². The minimum absolute atomic E-state index is 0.156. The summed E-state index contributed by atoms with van der Waals surface area (Å²) < 4.78 is 5.09. The molecule has 4 heteroatoms. The Hall–Kier alpha value is -0.570. The first-order chi connectivity index (χ1) is 5.84. The zero-order valence-electron chi connectivity index (χ0n) is 6.79. The van der Waals surface area contributed by atoms with Gasteiger partial charge in [0.15, 0.2) is 0 Å². The van der Waals surface area contributed by atoms with E-state index in [1.54, 1.807) is 0 Å². The monoisotopic (exact) mass is 186 g/mol. The van der Waals surface area contributed by atoms with E-state index in [1.807, 2.05) is 0 Å². The van der Waals surface area contributed by atoms with Crippen LogP contribution in [0.2, 0.25) is 5.35 Å². The smallest absolute Gasteiger partial charge is 0.312 e. The zero-order valence-corrected chi connectivity index (χ0v) is 7.55. The van der Waals surface area contributed by atoms with Crippen molar-refractivity contribution in [2.24, 2.45) is 5.92 Å². The van der Waals surface area contributed by atoms with Gasteiger partial charge < -0.3 is 4.42 Å². The van der Waals surface area contributed by atoms with Gasteiger partial charge in [-0.25, -0.2) is 0 Å². The second kappa shape index (κ2) is 3.44. The van der Waals surface area contributed by atoms with E-state index in [1.165, 1.54) is 25.7 Å². The fraction of sp³-hybridized carbons (Fsp3) is 0.750. The first kappa shape index (κ1) is 8.05. The molecule has 1 aliphatic rings. The van der Waals surface area contributed by atoms with Gasteiger partial charge >= 0.3 is 5.35 Å². The molecule has 3 nitrogen and oxygen atoms in total. The van der Waals surface area contributed by atoms with Crippen molar-refractivity contribution < 1.29 is 4.42 Å². The van der Waals surface area contributed by atoms with Gasteiger partial charge in [-0.3, -0.25) is 0 Å². The van der Waals surface area contributed by atoms with Gasteiger partial charge in [-0.2, -0.15) is 0 Å². The highest BCUT2D eigenvalue weighted by molar-refractivity contribution is 6.27. The highest BCUT2D eigenvalue weighted by atomic mass is 35.5. The van der Waals surface area contributed by atoms with E-state index in [-0.39, 0.29) is 5.35 Å². The molecule has 0 N–H and O–H groups in total. The molecule has 12 heavy (non-hydrogen) atoms. The first-order valence-corrected chi connectivity index (χ1v) is 4.70. The van der Waals surface area contributed by atoms with Crippen LogP contribution >= 0.6 is 11.6 Å². The molecular weight excluding hydrogens is 176 g/mol. The first-order valence-electron chi connectivity index (χ1n) is 4.32. The molecule has 0 aliphatic heterocycles. The average Bonchev–Trinajstić information content (AvgIpc) is 2.63. The van der Waals surface area contributed by atoms with Crippen molar-refractivity contribution in [3.05, 3.63) is 11.2 Å². The number of hydrogen-bond donors (Lipinski definition) is 0. The fourth-order valence-corrected chi connectivity index (χ4v) is 1.90. The van der Waals surface area contributed by atoms with Crippen LogP contribution in [-0.4, -0.2) is 10.2 Å². The van der Waals surface area contributed by atoms with Gasteiger partial charge in [0.1, 0.15) is 0 Å². The molecule has 1 fully saturated rings. The molecule has 0 aromatic carbocycles. The second-order valence-corrected chi connectivity index (χ2v) is 3.63. The van der Waals surface area contributed by atoms with Crippen LogP contribution in [0.5, 0.6) is 0 Å². The predicted octanol–water partition coefficient (Wildman–Crippen LogP) is 2.46. The molecule has 1 saturated carbocycles. The standard InChI is InChI=1S/C8H11ClN2O/c9-8-11-10-7(12-8)5-6-3-1-2-4-6/h6H,1-5H2. The third-order valence-corrected chi connectivity index (χ3v) is 2.53. The summed E-state index contributed by atoms with van der Waals surface area (Å²) in [5.74, 6) is 1.42. The van der Waals surface area contributed by atoms with E-state index in [2.05, 4.69) is 10.2 Å². The number of rotatable bonds is 2. The second-order valence-electron chi connectivity index (χ2n) is 3.30. The Morgan fingerprint density at radius 1 is 1.33 bits per heavy atom. The molecular formula is C8H11ClN2O. The van der Waals surface area contributed by atoms with Crippen LogP contribution < -0.4 is 0 Å². The van der Waals surface area contributed by atoms with Gasteiger partial charge in [-0.1, -0.05) is 17.9 Å². The number of hydrogen-bond acceptors (Lipinski definition) is 3. The lowest BCUT2D eigenvalue weighted by molar-refractivity contribution is 0.432. The minimum Gasteiger partial charge on any atom is -0.412 e. The van der Waals surface area contributed by atoms with Crippen molar-refractivity contribution >= 4 is 11.6 Å². The summed E-state index contributed by atoms with van der Waals surface area (Å²) in [7, 11) is 0. The molecule has 1 aromatic heterocycles. The van der Waals surface area contributed by atoms with Crippen LogP contribution in [-0.2, 0) is 6.42 Å². The SMILES string of the molecule is Clc1nnc(CC2CCCC2)o1. The molecule has 66 valence electrons. The van der Waals surface area contributed by atoms with Gasteiger partial charge in [0.25, 0.3) is 0 Å². The van der Waals surface area contributed by atoms with Gasteiger partial charge in [-0.15, -0.1) is 5.10 Å². The van der Waals surface area contributed by atoms with Gasteiger partial charge in [0, 0.05) is 6.42 Å². The lowest BCUT2D eigenvalue weighted by Gasteiger charge is -2.02. The molecule has 0 bridgehead atoms.